The first-order valence-corrected chi connectivity index (χ1v) is 7.57. The maximum atomic E-state index is 11.9. The number of benzene rings is 1. The van der Waals surface area contributed by atoms with Crippen molar-refractivity contribution in [2.24, 2.45) is 0 Å². The van der Waals surface area contributed by atoms with Crippen LogP contribution in [0.25, 0.3) is 0 Å². The number of nitrogens with zero attached hydrogens (tertiary/aromatic N) is 3. The van der Waals surface area contributed by atoms with Gasteiger partial charge in [-0.2, -0.15) is 0 Å². The first-order valence-electron chi connectivity index (χ1n) is 6.59. The van der Waals surface area contributed by atoms with Crippen LogP contribution in [0.4, 0.5) is 11.4 Å². The molecular weight excluding hydrogens is 306 g/mol. The van der Waals surface area contributed by atoms with E-state index < -0.39 is 4.92 Å². The third-order valence-corrected chi connectivity index (χ3v) is 3.80. The van der Waals surface area contributed by atoms with Crippen LogP contribution < -0.4 is 5.32 Å². The molecule has 116 valence electrons. The second-order valence-electron chi connectivity index (χ2n) is 4.46. The summed E-state index contributed by atoms with van der Waals surface area (Å²) in [6.07, 6.45) is 0.743. The van der Waals surface area contributed by atoms with E-state index in [4.69, 9.17) is 0 Å². The lowest BCUT2D eigenvalue weighted by atomic mass is 10.1. The molecule has 0 radical (unpaired) electrons. The molecule has 9 heteroatoms. The first-order chi connectivity index (χ1) is 10.5. The number of nitro groups is 1. The zero-order chi connectivity index (χ0) is 16.1. The van der Waals surface area contributed by atoms with E-state index >= 15 is 0 Å². The molecule has 1 aromatic heterocycles. The van der Waals surface area contributed by atoms with Crippen LogP contribution in [0.1, 0.15) is 18.3 Å². The number of hydrogen-bond acceptors (Lipinski definition) is 6. The summed E-state index contributed by atoms with van der Waals surface area (Å²) in [5.74, 6) is 0.622. The highest BCUT2D eigenvalue weighted by atomic mass is 32.2. The summed E-state index contributed by atoms with van der Waals surface area (Å²) in [6.45, 7) is 3.55. The van der Waals surface area contributed by atoms with E-state index in [1.165, 1.54) is 23.9 Å². The molecule has 0 bridgehead atoms. The Bertz CT molecular complexity index is 701. The third kappa shape index (κ3) is 3.82. The molecule has 0 saturated heterocycles. The van der Waals surface area contributed by atoms with Crippen molar-refractivity contribution in [3.8, 4) is 0 Å². The van der Waals surface area contributed by atoms with E-state index in [0.717, 1.165) is 12.2 Å². The van der Waals surface area contributed by atoms with Gasteiger partial charge >= 0.3 is 0 Å². The van der Waals surface area contributed by atoms with E-state index in [1.54, 1.807) is 13.0 Å². The Hall–Kier alpha value is -2.42. The average Bonchev–Trinajstić information content (AvgIpc) is 2.95. The summed E-state index contributed by atoms with van der Waals surface area (Å²) < 4.78 is 0. The smallest absolute Gasteiger partial charge is 0.274 e. The zero-order valence-electron chi connectivity index (χ0n) is 12.1. The van der Waals surface area contributed by atoms with Gasteiger partial charge in [-0.05, 0) is 13.0 Å². The van der Waals surface area contributed by atoms with Crippen molar-refractivity contribution in [2.45, 2.75) is 25.4 Å². The molecule has 1 amide bonds. The van der Waals surface area contributed by atoms with Gasteiger partial charge in [-0.1, -0.05) is 24.8 Å². The van der Waals surface area contributed by atoms with Crippen molar-refractivity contribution in [1.82, 2.24) is 15.2 Å². The molecule has 22 heavy (non-hydrogen) atoms. The number of aromatic nitrogens is 3. The minimum Gasteiger partial charge on any atom is -0.325 e. The van der Waals surface area contributed by atoms with E-state index in [9.17, 15) is 14.9 Å². The Labute approximate surface area is 130 Å². The number of aromatic amines is 1. The van der Waals surface area contributed by atoms with Crippen molar-refractivity contribution >= 4 is 29.0 Å². The monoisotopic (exact) mass is 321 g/mol. The largest absolute Gasteiger partial charge is 0.325 e. The van der Waals surface area contributed by atoms with Crippen molar-refractivity contribution in [3.05, 3.63) is 39.7 Å². The minimum atomic E-state index is -0.473. The highest BCUT2D eigenvalue weighted by Gasteiger charge is 2.15. The summed E-state index contributed by atoms with van der Waals surface area (Å²) in [6, 6.07) is 4.57. The maximum absolute atomic E-state index is 11.9. The number of carbonyl (C=O) groups excluding carboxylic acids is 1. The summed E-state index contributed by atoms with van der Waals surface area (Å²) in [4.78, 5) is 26.5. The molecule has 2 N–H and O–H groups in total. The number of hydrogen-bond donors (Lipinski definition) is 2. The van der Waals surface area contributed by atoms with Gasteiger partial charge in [0.15, 0.2) is 0 Å². The third-order valence-electron chi connectivity index (χ3n) is 2.95. The van der Waals surface area contributed by atoms with Crippen molar-refractivity contribution in [2.75, 3.05) is 11.1 Å². The Balaban J connectivity index is 1.97. The van der Waals surface area contributed by atoms with Crippen LogP contribution in [0, 0.1) is 17.0 Å². The van der Waals surface area contributed by atoms with Gasteiger partial charge in [0.05, 0.1) is 21.9 Å². The number of amides is 1. The van der Waals surface area contributed by atoms with Crippen LogP contribution >= 0.6 is 11.8 Å². The summed E-state index contributed by atoms with van der Waals surface area (Å²) in [7, 11) is 0. The number of nitro benzene ring substituents is 1. The van der Waals surface area contributed by atoms with Gasteiger partial charge in [-0.25, -0.2) is 4.98 Å². The lowest BCUT2D eigenvalue weighted by Gasteiger charge is -2.07. The highest BCUT2D eigenvalue weighted by Crippen LogP contribution is 2.25. The van der Waals surface area contributed by atoms with Crippen molar-refractivity contribution in [1.29, 1.82) is 0 Å². The standard InChI is InChI=1S/C13H15N5O3S/c1-3-11-15-13(17-16-11)22-7-12(19)14-9-5-4-6-10(8(9)2)18(20)21/h4-6H,3,7H2,1-2H3,(H,14,19)(H,15,16,17). The van der Waals surface area contributed by atoms with Gasteiger partial charge in [0.2, 0.25) is 11.1 Å². The van der Waals surface area contributed by atoms with Crippen LogP contribution in [0.3, 0.4) is 0 Å². The number of aryl methyl sites for hydroxylation is 1. The summed E-state index contributed by atoms with van der Waals surface area (Å²) >= 11 is 1.20. The highest BCUT2D eigenvalue weighted by molar-refractivity contribution is 7.99. The van der Waals surface area contributed by atoms with Crippen LogP contribution in [0.2, 0.25) is 0 Å². The molecular formula is C13H15N5O3S. The molecule has 8 nitrogen and oxygen atoms in total. The normalized spacial score (nSPS) is 10.5. The van der Waals surface area contributed by atoms with Crippen LogP contribution in [-0.2, 0) is 11.2 Å². The van der Waals surface area contributed by atoms with Gasteiger partial charge in [-0.3, -0.25) is 20.0 Å². The topological polar surface area (TPSA) is 114 Å². The molecule has 2 rings (SSSR count). The fourth-order valence-electron chi connectivity index (χ4n) is 1.77. The van der Waals surface area contributed by atoms with Gasteiger partial charge in [0, 0.05) is 12.5 Å². The lowest BCUT2D eigenvalue weighted by molar-refractivity contribution is -0.385. The predicted molar refractivity (Wildman–Crippen MR) is 82.9 cm³/mol. The SMILES string of the molecule is CCc1nc(SCC(=O)Nc2cccc([N+](=O)[O-])c2C)n[nH]1. The van der Waals surface area contributed by atoms with Gasteiger partial charge in [-0.15, -0.1) is 5.10 Å². The van der Waals surface area contributed by atoms with Gasteiger partial charge < -0.3 is 5.32 Å². The fourth-order valence-corrected chi connectivity index (χ4v) is 2.39. The second kappa shape index (κ2) is 7.03. The number of thioether (sulfide) groups is 1. The van der Waals surface area contributed by atoms with Crippen molar-refractivity contribution in [3.63, 3.8) is 0 Å². The van der Waals surface area contributed by atoms with Crippen molar-refractivity contribution < 1.29 is 9.72 Å². The van der Waals surface area contributed by atoms with Crippen LogP contribution in [0.5, 0.6) is 0 Å². The Morgan fingerprint density at radius 3 is 2.91 bits per heavy atom. The van der Waals surface area contributed by atoms with E-state index in [-0.39, 0.29) is 17.3 Å². The molecule has 0 spiro atoms. The lowest BCUT2D eigenvalue weighted by Crippen LogP contribution is -2.15. The number of anilines is 1. The molecule has 1 aromatic carbocycles. The summed E-state index contributed by atoms with van der Waals surface area (Å²) in [5.41, 5.74) is 0.841. The molecule has 1 heterocycles. The van der Waals surface area contributed by atoms with Gasteiger partial charge in [0.25, 0.3) is 5.69 Å². The minimum absolute atomic E-state index is 0.0213. The number of H-pyrrole nitrogens is 1. The molecule has 0 fully saturated rings. The Morgan fingerprint density at radius 2 is 2.27 bits per heavy atom. The quantitative estimate of drug-likeness (QED) is 0.479. The molecule has 0 aliphatic carbocycles. The second-order valence-corrected chi connectivity index (χ2v) is 5.40. The van der Waals surface area contributed by atoms with Gasteiger partial charge in [0.1, 0.15) is 5.82 Å². The maximum Gasteiger partial charge on any atom is 0.274 e. The van der Waals surface area contributed by atoms with Crippen LogP contribution in [0.15, 0.2) is 23.4 Å². The fraction of sp³-hybridized carbons (Fsp3) is 0.308. The first kappa shape index (κ1) is 16.0. The molecule has 0 aliphatic heterocycles. The molecule has 0 aliphatic rings. The zero-order valence-corrected chi connectivity index (χ0v) is 12.9. The van der Waals surface area contributed by atoms with E-state index in [1.807, 2.05) is 6.92 Å². The van der Waals surface area contributed by atoms with E-state index in [2.05, 4.69) is 20.5 Å². The Kier molecular flexibility index (Phi) is 5.10. The van der Waals surface area contributed by atoms with E-state index in [0.29, 0.717) is 16.4 Å². The van der Waals surface area contributed by atoms with Crippen LogP contribution in [-0.4, -0.2) is 31.8 Å². The molecule has 0 saturated carbocycles. The molecule has 2 aromatic rings. The molecule has 0 atom stereocenters. The predicted octanol–water partition coefficient (Wildman–Crippen LogP) is 2.31. The number of carbonyl (C=O) groups is 1. The number of nitrogens with one attached hydrogen (secondary N) is 2. The summed E-state index contributed by atoms with van der Waals surface area (Å²) in [5, 5.41) is 20.8. The Morgan fingerprint density at radius 1 is 1.50 bits per heavy atom. The number of rotatable bonds is 6. The average molecular weight is 321 g/mol. The molecule has 0 unspecified atom stereocenters.